The molecule has 1 aromatic heterocycles. The first-order valence-electron chi connectivity index (χ1n) is 8.74. The number of benzene rings is 1. The number of urea groups is 1. The molecular formula is C19H25N3O4. The van der Waals surface area contributed by atoms with Gasteiger partial charge in [-0.1, -0.05) is 24.6 Å². The molecule has 2 rings (SSSR count). The second-order valence-corrected chi connectivity index (χ2v) is 6.27. The van der Waals surface area contributed by atoms with Crippen molar-refractivity contribution in [2.45, 2.75) is 45.6 Å². The third kappa shape index (κ3) is 5.08. The molecule has 0 aliphatic carbocycles. The van der Waals surface area contributed by atoms with Crippen LogP contribution in [0.5, 0.6) is 0 Å². The predicted molar refractivity (Wildman–Crippen MR) is 99.0 cm³/mol. The maximum absolute atomic E-state index is 12.7. The average Bonchev–Trinajstić information content (AvgIpc) is 2.92. The highest BCUT2D eigenvalue weighted by Gasteiger charge is 2.24. The zero-order chi connectivity index (χ0) is 19.1. The van der Waals surface area contributed by atoms with Crippen LogP contribution in [-0.2, 0) is 9.53 Å². The number of nitrogens with one attached hydrogen (secondary N) is 2. The van der Waals surface area contributed by atoms with Crippen LogP contribution in [-0.4, -0.2) is 35.4 Å². The molecule has 140 valence electrons. The Labute approximate surface area is 152 Å². The average molecular weight is 359 g/mol. The summed E-state index contributed by atoms with van der Waals surface area (Å²) in [4.78, 5) is 38.4. The van der Waals surface area contributed by atoms with E-state index < -0.39 is 18.1 Å². The van der Waals surface area contributed by atoms with Gasteiger partial charge in [0.15, 0.2) is 6.10 Å². The van der Waals surface area contributed by atoms with Crippen LogP contribution < -0.4 is 11.1 Å². The molecule has 0 radical (unpaired) electrons. The van der Waals surface area contributed by atoms with Crippen LogP contribution in [0.2, 0.25) is 0 Å². The van der Waals surface area contributed by atoms with Gasteiger partial charge in [0.25, 0.3) is 0 Å². The Morgan fingerprint density at radius 1 is 1.19 bits per heavy atom. The van der Waals surface area contributed by atoms with Gasteiger partial charge in [-0.25, -0.2) is 4.79 Å². The van der Waals surface area contributed by atoms with Crippen molar-refractivity contribution in [3.8, 4) is 0 Å². The quantitative estimate of drug-likeness (QED) is 0.363. The largest absolute Gasteiger partial charge is 0.454 e. The first-order valence-corrected chi connectivity index (χ1v) is 8.74. The first kappa shape index (κ1) is 19.5. The number of H-pyrrole nitrogens is 1. The highest BCUT2D eigenvalue weighted by Crippen LogP contribution is 2.24. The lowest BCUT2D eigenvalue weighted by molar-refractivity contribution is -0.146. The Hall–Kier alpha value is -2.83. The Balaban J connectivity index is 1.84. The summed E-state index contributed by atoms with van der Waals surface area (Å²) in [6.07, 6.45) is 1.53. The Morgan fingerprint density at radius 3 is 2.65 bits per heavy atom. The number of aryl methyl sites for hydroxylation is 1. The fourth-order valence-corrected chi connectivity index (χ4v) is 2.89. The number of amides is 2. The van der Waals surface area contributed by atoms with Crippen LogP contribution in [0.4, 0.5) is 4.79 Å². The number of fused-ring (bicyclic) bond motifs is 1. The van der Waals surface area contributed by atoms with Gasteiger partial charge in [-0.3, -0.25) is 9.59 Å². The van der Waals surface area contributed by atoms with E-state index in [1.807, 2.05) is 31.2 Å². The van der Waals surface area contributed by atoms with E-state index in [2.05, 4.69) is 10.3 Å². The summed E-state index contributed by atoms with van der Waals surface area (Å²) in [5.74, 6) is -0.606. The van der Waals surface area contributed by atoms with Gasteiger partial charge in [0.05, 0.1) is 0 Å². The summed E-state index contributed by atoms with van der Waals surface area (Å²) >= 11 is 0. The molecule has 4 N–H and O–H groups in total. The van der Waals surface area contributed by atoms with Gasteiger partial charge in [0.1, 0.15) is 0 Å². The van der Waals surface area contributed by atoms with E-state index in [0.29, 0.717) is 18.5 Å². The number of nitrogens with two attached hydrogens (primary N) is 1. The lowest BCUT2D eigenvalue weighted by Crippen LogP contribution is -2.30. The SMILES string of the molecule is Cc1[nH]c2ccccc2c1C(=O)[C@H](C)OC(=O)CCCCCNC(N)=O. The van der Waals surface area contributed by atoms with E-state index in [1.54, 1.807) is 6.92 Å². The standard InChI is InChI=1S/C19H25N3O4/c1-12-17(14-8-5-6-9-15(14)22-12)18(24)13(2)26-16(23)10-4-3-7-11-21-19(20)25/h5-6,8-9,13,22H,3-4,7,10-11H2,1-2H3,(H3,20,21,25)/t13-/m0/s1. The molecular weight excluding hydrogens is 334 g/mol. The summed E-state index contributed by atoms with van der Waals surface area (Å²) in [5, 5.41) is 3.32. The zero-order valence-corrected chi connectivity index (χ0v) is 15.1. The number of aromatic nitrogens is 1. The molecule has 1 aromatic carbocycles. The maximum atomic E-state index is 12.7. The van der Waals surface area contributed by atoms with Crippen LogP contribution in [0.1, 0.15) is 48.7 Å². The van der Waals surface area contributed by atoms with Crippen LogP contribution >= 0.6 is 0 Å². The lowest BCUT2D eigenvalue weighted by Gasteiger charge is -2.12. The lowest BCUT2D eigenvalue weighted by atomic mass is 10.0. The van der Waals surface area contributed by atoms with Gasteiger partial charge in [-0.15, -0.1) is 0 Å². The molecule has 0 aliphatic heterocycles. The molecule has 2 aromatic rings. The number of para-hydroxylation sites is 1. The molecule has 2 amide bonds. The van der Waals surface area contributed by atoms with Crippen molar-refractivity contribution in [1.82, 2.24) is 10.3 Å². The van der Waals surface area contributed by atoms with Crippen LogP contribution in [0.25, 0.3) is 10.9 Å². The summed E-state index contributed by atoms with van der Waals surface area (Å²) in [5.41, 5.74) is 7.18. The fraction of sp³-hybridized carbons (Fsp3) is 0.421. The van der Waals surface area contributed by atoms with Gasteiger partial charge in [-0.05, 0) is 32.8 Å². The number of ketones is 1. The second-order valence-electron chi connectivity index (χ2n) is 6.27. The summed E-state index contributed by atoms with van der Waals surface area (Å²) in [6, 6.07) is 7.00. The van der Waals surface area contributed by atoms with Crippen molar-refractivity contribution in [2.24, 2.45) is 5.73 Å². The van der Waals surface area contributed by atoms with Crippen molar-refractivity contribution >= 4 is 28.7 Å². The van der Waals surface area contributed by atoms with Crippen molar-refractivity contribution in [3.63, 3.8) is 0 Å². The number of aromatic amines is 1. The second kappa shape index (κ2) is 9.03. The third-order valence-corrected chi connectivity index (χ3v) is 4.17. The Morgan fingerprint density at radius 2 is 1.92 bits per heavy atom. The first-order chi connectivity index (χ1) is 12.4. The highest BCUT2D eigenvalue weighted by atomic mass is 16.5. The molecule has 0 spiro atoms. The van der Waals surface area contributed by atoms with Gasteiger partial charge < -0.3 is 20.8 Å². The highest BCUT2D eigenvalue weighted by molar-refractivity contribution is 6.11. The molecule has 7 heteroatoms. The van der Waals surface area contributed by atoms with Crippen LogP contribution in [0, 0.1) is 6.92 Å². The fourth-order valence-electron chi connectivity index (χ4n) is 2.89. The van der Waals surface area contributed by atoms with E-state index in [1.165, 1.54) is 0 Å². The number of carbonyl (C=O) groups excluding carboxylic acids is 3. The molecule has 26 heavy (non-hydrogen) atoms. The maximum Gasteiger partial charge on any atom is 0.312 e. The Kier molecular flexibility index (Phi) is 6.77. The molecule has 0 saturated carbocycles. The summed E-state index contributed by atoms with van der Waals surface area (Å²) in [7, 11) is 0. The number of carbonyl (C=O) groups is 3. The van der Waals surface area contributed by atoms with E-state index in [-0.39, 0.29) is 12.2 Å². The number of primary amides is 1. The van der Waals surface area contributed by atoms with Crippen LogP contribution in [0.3, 0.4) is 0 Å². The minimum Gasteiger partial charge on any atom is -0.454 e. The molecule has 0 unspecified atom stereocenters. The van der Waals surface area contributed by atoms with E-state index in [9.17, 15) is 14.4 Å². The molecule has 1 atom stereocenters. The van der Waals surface area contributed by atoms with Gasteiger partial charge in [0, 0.05) is 35.1 Å². The van der Waals surface area contributed by atoms with E-state index in [4.69, 9.17) is 10.5 Å². The molecule has 0 saturated heterocycles. The molecule has 1 heterocycles. The number of Topliss-reactive ketones (excluding diaryl/α,β-unsaturated/α-hetero) is 1. The van der Waals surface area contributed by atoms with Crippen molar-refractivity contribution < 1.29 is 19.1 Å². The zero-order valence-electron chi connectivity index (χ0n) is 15.1. The number of rotatable bonds is 9. The summed E-state index contributed by atoms with van der Waals surface area (Å²) < 4.78 is 5.29. The molecule has 0 aliphatic rings. The third-order valence-electron chi connectivity index (χ3n) is 4.17. The normalized spacial score (nSPS) is 11.9. The smallest absolute Gasteiger partial charge is 0.312 e. The number of unbranched alkanes of at least 4 members (excludes halogenated alkanes) is 2. The van der Waals surface area contributed by atoms with Crippen molar-refractivity contribution in [2.75, 3.05) is 6.54 Å². The molecule has 0 bridgehead atoms. The monoisotopic (exact) mass is 359 g/mol. The van der Waals surface area contributed by atoms with E-state index in [0.717, 1.165) is 29.4 Å². The van der Waals surface area contributed by atoms with Gasteiger partial charge in [0.2, 0.25) is 5.78 Å². The van der Waals surface area contributed by atoms with Crippen LogP contribution in [0.15, 0.2) is 24.3 Å². The predicted octanol–water partition coefficient (Wildman–Crippen LogP) is 2.82. The number of hydrogen-bond acceptors (Lipinski definition) is 4. The topological polar surface area (TPSA) is 114 Å². The minimum atomic E-state index is -0.836. The molecule has 7 nitrogen and oxygen atoms in total. The van der Waals surface area contributed by atoms with Gasteiger partial charge >= 0.3 is 12.0 Å². The number of hydrogen-bond donors (Lipinski definition) is 3. The number of ether oxygens (including phenoxy) is 1. The van der Waals surface area contributed by atoms with Gasteiger partial charge in [-0.2, -0.15) is 0 Å². The molecule has 0 fully saturated rings. The van der Waals surface area contributed by atoms with Crippen molar-refractivity contribution in [1.29, 1.82) is 0 Å². The number of esters is 1. The van der Waals surface area contributed by atoms with Crippen molar-refractivity contribution in [3.05, 3.63) is 35.5 Å². The summed E-state index contributed by atoms with van der Waals surface area (Å²) in [6.45, 7) is 3.92. The minimum absolute atomic E-state index is 0.209. The van der Waals surface area contributed by atoms with E-state index >= 15 is 0 Å². The Bertz CT molecular complexity index is 797.